The minimum Gasteiger partial charge on any atom is -0.322 e. The van der Waals surface area contributed by atoms with E-state index in [0.717, 1.165) is 18.0 Å². The highest BCUT2D eigenvalue weighted by Crippen LogP contribution is 2.31. The number of carbonyl (C=O) groups is 1. The molecule has 0 unspecified atom stereocenters. The van der Waals surface area contributed by atoms with E-state index in [-0.39, 0.29) is 5.91 Å². The van der Waals surface area contributed by atoms with Gasteiger partial charge in [0.25, 0.3) is 5.91 Å². The molecule has 1 N–H and O–H groups in total. The lowest BCUT2D eigenvalue weighted by atomic mass is 10.1. The van der Waals surface area contributed by atoms with E-state index < -0.39 is 0 Å². The molecule has 120 valence electrons. The monoisotopic (exact) mass is 366 g/mol. The van der Waals surface area contributed by atoms with Crippen LogP contribution in [0.1, 0.15) is 23.2 Å². The number of anilines is 2. The van der Waals surface area contributed by atoms with Gasteiger partial charge < -0.3 is 9.62 Å². The first kappa shape index (κ1) is 16.5. The van der Waals surface area contributed by atoms with E-state index >= 15 is 0 Å². The fourth-order valence-corrected chi connectivity index (χ4v) is 3.78. The number of hydrogen-bond donors (Lipinski definition) is 1. The molecule has 23 heavy (non-hydrogen) atoms. The van der Waals surface area contributed by atoms with E-state index in [0.29, 0.717) is 21.3 Å². The topological polar surface area (TPSA) is 32.3 Å². The first-order chi connectivity index (χ1) is 11.1. The Morgan fingerprint density at radius 2 is 1.87 bits per heavy atom. The Morgan fingerprint density at radius 1 is 1.09 bits per heavy atom. The molecule has 3 rings (SSSR count). The Bertz CT molecular complexity index is 700. The second-order valence-electron chi connectivity index (χ2n) is 5.27. The number of carbonyl (C=O) groups excluding carboxylic acids is 1. The molecule has 0 atom stereocenters. The van der Waals surface area contributed by atoms with Crippen LogP contribution in [0.15, 0.2) is 42.5 Å². The fourth-order valence-electron chi connectivity index (χ4n) is 2.37. The number of halogens is 2. The van der Waals surface area contributed by atoms with Gasteiger partial charge >= 0.3 is 0 Å². The maximum absolute atomic E-state index is 12.5. The third-order valence-electron chi connectivity index (χ3n) is 3.59. The lowest BCUT2D eigenvalue weighted by Crippen LogP contribution is -2.21. The van der Waals surface area contributed by atoms with E-state index in [2.05, 4.69) is 9.62 Å². The van der Waals surface area contributed by atoms with Crippen molar-refractivity contribution in [1.82, 2.24) is 0 Å². The summed E-state index contributed by atoms with van der Waals surface area (Å²) in [6.45, 7) is 0.991. The van der Waals surface area contributed by atoms with Crippen LogP contribution < -0.4 is 9.62 Å². The van der Waals surface area contributed by atoms with Gasteiger partial charge in [0, 0.05) is 28.7 Å². The lowest BCUT2D eigenvalue weighted by Gasteiger charge is -2.27. The van der Waals surface area contributed by atoms with Crippen molar-refractivity contribution in [3.8, 4) is 0 Å². The molecule has 3 nitrogen and oxygen atoms in total. The van der Waals surface area contributed by atoms with Gasteiger partial charge in [-0.1, -0.05) is 23.2 Å². The second-order valence-corrected chi connectivity index (χ2v) is 7.22. The highest BCUT2D eigenvalue weighted by molar-refractivity contribution is 8.00. The van der Waals surface area contributed by atoms with Crippen LogP contribution in [-0.2, 0) is 0 Å². The van der Waals surface area contributed by atoms with Gasteiger partial charge in [-0.2, -0.15) is 0 Å². The van der Waals surface area contributed by atoms with Gasteiger partial charge in [-0.15, -0.1) is 0 Å². The van der Waals surface area contributed by atoms with Crippen molar-refractivity contribution in [2.24, 2.45) is 0 Å². The molecular formula is C17H16Cl2N2OS. The van der Waals surface area contributed by atoms with Crippen molar-refractivity contribution in [1.29, 1.82) is 0 Å². The molecule has 1 aliphatic heterocycles. The lowest BCUT2D eigenvalue weighted by molar-refractivity contribution is 0.102. The SMILES string of the molecule is O=C(Nc1ccc(Cl)cc1)c1cc(N2CCCCS2)ccc1Cl. The largest absolute Gasteiger partial charge is 0.322 e. The first-order valence-electron chi connectivity index (χ1n) is 7.40. The van der Waals surface area contributed by atoms with Crippen molar-refractivity contribution in [2.75, 3.05) is 21.9 Å². The van der Waals surface area contributed by atoms with Crippen molar-refractivity contribution in [2.45, 2.75) is 12.8 Å². The van der Waals surface area contributed by atoms with Crippen molar-refractivity contribution < 1.29 is 4.79 Å². The van der Waals surface area contributed by atoms with Crippen LogP contribution in [0.25, 0.3) is 0 Å². The third-order valence-corrected chi connectivity index (χ3v) is 5.35. The molecule has 0 aromatic heterocycles. The second kappa shape index (κ2) is 7.47. The van der Waals surface area contributed by atoms with Gasteiger partial charge in [0.05, 0.1) is 10.6 Å². The Labute approximate surface area is 150 Å². The molecule has 1 heterocycles. The van der Waals surface area contributed by atoms with Crippen LogP contribution >= 0.6 is 35.1 Å². The van der Waals surface area contributed by atoms with E-state index in [9.17, 15) is 4.79 Å². The van der Waals surface area contributed by atoms with E-state index in [1.54, 1.807) is 42.3 Å². The van der Waals surface area contributed by atoms with E-state index in [1.807, 2.05) is 12.1 Å². The molecule has 0 bridgehead atoms. The third kappa shape index (κ3) is 4.14. The molecule has 1 fully saturated rings. The Morgan fingerprint density at radius 3 is 2.57 bits per heavy atom. The summed E-state index contributed by atoms with van der Waals surface area (Å²) in [7, 11) is 0. The van der Waals surface area contributed by atoms with Gasteiger partial charge in [0.15, 0.2) is 0 Å². The van der Waals surface area contributed by atoms with Crippen LogP contribution in [0.4, 0.5) is 11.4 Å². The summed E-state index contributed by atoms with van der Waals surface area (Å²) < 4.78 is 2.22. The number of rotatable bonds is 3. The standard InChI is InChI=1S/C17H16Cl2N2OS/c18-12-3-5-13(6-4-12)20-17(22)15-11-14(7-8-16(15)19)21-9-1-2-10-23-21/h3-8,11H,1-2,9-10H2,(H,20,22). The molecule has 1 amide bonds. The van der Waals surface area contributed by atoms with Gasteiger partial charge in [-0.3, -0.25) is 4.79 Å². The summed E-state index contributed by atoms with van der Waals surface area (Å²) >= 11 is 13.9. The molecule has 0 aliphatic carbocycles. The number of benzene rings is 2. The molecule has 2 aromatic rings. The maximum Gasteiger partial charge on any atom is 0.257 e. The predicted octanol–water partition coefficient (Wildman–Crippen LogP) is 5.49. The first-order valence-corrected chi connectivity index (χ1v) is 9.10. The number of amides is 1. The summed E-state index contributed by atoms with van der Waals surface area (Å²) in [5.74, 6) is 0.885. The summed E-state index contributed by atoms with van der Waals surface area (Å²) in [5.41, 5.74) is 2.18. The van der Waals surface area contributed by atoms with Gasteiger partial charge in [-0.05, 0) is 67.3 Å². The van der Waals surface area contributed by atoms with E-state index in [1.165, 1.54) is 12.8 Å². The number of nitrogens with one attached hydrogen (secondary N) is 1. The number of hydrogen-bond acceptors (Lipinski definition) is 3. The predicted molar refractivity (Wildman–Crippen MR) is 99.9 cm³/mol. The minimum atomic E-state index is -0.221. The Balaban J connectivity index is 1.80. The zero-order valence-electron chi connectivity index (χ0n) is 12.4. The van der Waals surface area contributed by atoms with Crippen LogP contribution in [-0.4, -0.2) is 18.2 Å². The van der Waals surface area contributed by atoms with Crippen LogP contribution in [0.3, 0.4) is 0 Å². The highest BCUT2D eigenvalue weighted by Gasteiger charge is 2.16. The summed E-state index contributed by atoms with van der Waals surface area (Å²) in [5, 5.41) is 3.93. The average Bonchev–Trinajstić information content (AvgIpc) is 2.58. The van der Waals surface area contributed by atoms with Crippen LogP contribution in [0.2, 0.25) is 10.0 Å². The average molecular weight is 367 g/mol. The molecule has 6 heteroatoms. The molecule has 0 radical (unpaired) electrons. The van der Waals surface area contributed by atoms with Gasteiger partial charge in [0.1, 0.15) is 0 Å². The molecule has 1 aliphatic rings. The minimum absolute atomic E-state index is 0.221. The molecule has 0 saturated carbocycles. The van der Waals surface area contributed by atoms with Crippen molar-refractivity contribution in [3.05, 3.63) is 58.1 Å². The molecule has 2 aromatic carbocycles. The van der Waals surface area contributed by atoms with Gasteiger partial charge in [-0.25, -0.2) is 0 Å². The summed E-state index contributed by atoms with van der Waals surface area (Å²) in [6.07, 6.45) is 2.40. The van der Waals surface area contributed by atoms with E-state index in [4.69, 9.17) is 23.2 Å². The number of nitrogens with zero attached hydrogens (tertiary/aromatic N) is 1. The van der Waals surface area contributed by atoms with Crippen molar-refractivity contribution >= 4 is 52.4 Å². The quantitative estimate of drug-likeness (QED) is 0.728. The molecule has 1 saturated heterocycles. The Hall–Kier alpha value is -1.36. The van der Waals surface area contributed by atoms with Crippen LogP contribution in [0, 0.1) is 0 Å². The molecule has 0 spiro atoms. The maximum atomic E-state index is 12.5. The zero-order chi connectivity index (χ0) is 16.2. The van der Waals surface area contributed by atoms with Gasteiger partial charge in [0.2, 0.25) is 0 Å². The fraction of sp³-hybridized carbons (Fsp3) is 0.235. The highest BCUT2D eigenvalue weighted by atomic mass is 35.5. The zero-order valence-corrected chi connectivity index (χ0v) is 14.7. The normalized spacial score (nSPS) is 14.6. The summed E-state index contributed by atoms with van der Waals surface area (Å²) in [4.78, 5) is 12.5. The van der Waals surface area contributed by atoms with Crippen molar-refractivity contribution in [3.63, 3.8) is 0 Å². The summed E-state index contributed by atoms with van der Waals surface area (Å²) in [6, 6.07) is 12.6. The Kier molecular flexibility index (Phi) is 5.36. The molecular weight excluding hydrogens is 351 g/mol. The van der Waals surface area contributed by atoms with Crippen LogP contribution in [0.5, 0.6) is 0 Å². The smallest absolute Gasteiger partial charge is 0.257 e.